The van der Waals surface area contributed by atoms with Crippen molar-refractivity contribution in [3.05, 3.63) is 106 Å². The smallest absolute Gasteiger partial charge is 0.269 e. The van der Waals surface area contributed by atoms with Gasteiger partial charge in [-0.3, -0.25) is 14.9 Å². The summed E-state index contributed by atoms with van der Waals surface area (Å²) in [5, 5.41) is 22.9. The van der Waals surface area contributed by atoms with Crippen molar-refractivity contribution in [2.45, 2.75) is 0 Å². The molecule has 0 bridgehead atoms. The maximum Gasteiger partial charge on any atom is 0.269 e. The van der Waals surface area contributed by atoms with Crippen molar-refractivity contribution >= 4 is 22.2 Å². The molecule has 0 atom stereocenters. The minimum absolute atomic E-state index is 0.0156. The van der Waals surface area contributed by atoms with Crippen molar-refractivity contribution in [2.75, 3.05) is 0 Å². The molecule has 0 saturated heterocycles. The average molecular weight is 369 g/mol. The average Bonchev–Trinajstić information content (AvgIpc) is 2.72. The van der Waals surface area contributed by atoms with E-state index in [1.54, 1.807) is 36.4 Å². The number of phenolic OH excluding ortho intramolecular Hbond substituents is 1. The second-order valence-corrected chi connectivity index (χ2v) is 6.40. The first-order chi connectivity index (χ1) is 13.5. The monoisotopic (exact) mass is 369 g/mol. The Hall–Kier alpha value is -3.99. The van der Waals surface area contributed by atoms with Crippen molar-refractivity contribution in [3.63, 3.8) is 0 Å². The van der Waals surface area contributed by atoms with Crippen LogP contribution in [-0.2, 0) is 0 Å². The highest BCUT2D eigenvalue weighted by Gasteiger charge is 2.19. The van der Waals surface area contributed by atoms with Gasteiger partial charge in [0.25, 0.3) is 5.69 Å². The van der Waals surface area contributed by atoms with E-state index in [0.717, 1.165) is 10.8 Å². The molecular formula is C23H15NO4. The molecule has 4 aromatic carbocycles. The molecule has 0 heterocycles. The number of para-hydroxylation sites is 1. The molecule has 0 aliphatic rings. The van der Waals surface area contributed by atoms with Gasteiger partial charge >= 0.3 is 0 Å². The van der Waals surface area contributed by atoms with Gasteiger partial charge in [0.15, 0.2) is 5.78 Å². The van der Waals surface area contributed by atoms with Gasteiger partial charge in [0, 0.05) is 17.7 Å². The van der Waals surface area contributed by atoms with Gasteiger partial charge in [0.1, 0.15) is 5.75 Å². The third-order valence-electron chi connectivity index (χ3n) is 4.67. The summed E-state index contributed by atoms with van der Waals surface area (Å²) in [6, 6.07) is 23.8. The number of phenols is 1. The summed E-state index contributed by atoms with van der Waals surface area (Å²) in [6.07, 6.45) is 0. The standard InChI is InChI=1S/C23H15NO4/c25-22-8-4-3-7-19(22)23(26)21-14-17-6-2-1-5-16(17)13-20(21)15-9-11-18(12-10-15)24(27)28/h1-14,25H. The number of benzene rings is 4. The van der Waals surface area contributed by atoms with Gasteiger partial charge in [-0.2, -0.15) is 0 Å². The Morgan fingerprint density at radius 1 is 0.786 bits per heavy atom. The number of non-ortho nitro benzene ring substituents is 1. The molecule has 5 heteroatoms. The molecule has 0 fully saturated rings. The van der Waals surface area contributed by atoms with Crippen LogP contribution in [0.1, 0.15) is 15.9 Å². The number of carbonyl (C=O) groups is 1. The lowest BCUT2D eigenvalue weighted by Crippen LogP contribution is -2.04. The number of ketones is 1. The van der Waals surface area contributed by atoms with Crippen molar-refractivity contribution < 1.29 is 14.8 Å². The summed E-state index contributed by atoms with van der Waals surface area (Å²) < 4.78 is 0. The highest BCUT2D eigenvalue weighted by Crippen LogP contribution is 2.33. The number of rotatable bonds is 4. The van der Waals surface area contributed by atoms with E-state index < -0.39 is 4.92 Å². The van der Waals surface area contributed by atoms with E-state index >= 15 is 0 Å². The minimum atomic E-state index is -0.460. The number of fused-ring (bicyclic) bond motifs is 1. The highest BCUT2D eigenvalue weighted by atomic mass is 16.6. The Kier molecular flexibility index (Phi) is 4.33. The van der Waals surface area contributed by atoms with Crippen LogP contribution in [0.4, 0.5) is 5.69 Å². The van der Waals surface area contributed by atoms with Crippen LogP contribution in [0.3, 0.4) is 0 Å². The van der Waals surface area contributed by atoms with E-state index in [1.165, 1.54) is 18.2 Å². The fourth-order valence-electron chi connectivity index (χ4n) is 3.24. The summed E-state index contributed by atoms with van der Waals surface area (Å²) in [5.41, 5.74) is 1.96. The Labute approximate surface area is 160 Å². The molecule has 1 N–H and O–H groups in total. The van der Waals surface area contributed by atoms with Gasteiger partial charge in [-0.25, -0.2) is 0 Å². The molecule has 28 heavy (non-hydrogen) atoms. The lowest BCUT2D eigenvalue weighted by Gasteiger charge is -2.12. The van der Waals surface area contributed by atoms with Crippen LogP contribution in [0.15, 0.2) is 84.9 Å². The van der Waals surface area contributed by atoms with E-state index in [2.05, 4.69) is 0 Å². The van der Waals surface area contributed by atoms with Gasteiger partial charge < -0.3 is 5.11 Å². The Balaban J connectivity index is 1.93. The van der Waals surface area contributed by atoms with Gasteiger partial charge in [-0.05, 0) is 58.3 Å². The Morgan fingerprint density at radius 2 is 1.39 bits per heavy atom. The van der Waals surface area contributed by atoms with Crippen LogP contribution in [0.5, 0.6) is 5.75 Å². The van der Waals surface area contributed by atoms with Crippen LogP contribution < -0.4 is 0 Å². The van der Waals surface area contributed by atoms with E-state index in [9.17, 15) is 20.0 Å². The summed E-state index contributed by atoms with van der Waals surface area (Å²) in [6.45, 7) is 0. The summed E-state index contributed by atoms with van der Waals surface area (Å²) in [5.74, 6) is -0.396. The Morgan fingerprint density at radius 3 is 2.04 bits per heavy atom. The molecule has 0 saturated carbocycles. The SMILES string of the molecule is O=C(c1ccccc1O)c1cc2ccccc2cc1-c1ccc([N+](=O)[O-])cc1. The molecule has 136 valence electrons. The lowest BCUT2D eigenvalue weighted by molar-refractivity contribution is -0.384. The van der Waals surface area contributed by atoms with Crippen LogP contribution in [-0.4, -0.2) is 15.8 Å². The quantitative estimate of drug-likeness (QED) is 0.299. The number of hydrogen-bond acceptors (Lipinski definition) is 4. The van der Waals surface area contributed by atoms with E-state index in [-0.39, 0.29) is 22.8 Å². The maximum absolute atomic E-state index is 13.2. The van der Waals surface area contributed by atoms with Crippen molar-refractivity contribution in [3.8, 4) is 16.9 Å². The molecule has 0 amide bonds. The predicted molar refractivity (Wildman–Crippen MR) is 108 cm³/mol. The van der Waals surface area contributed by atoms with Gasteiger partial charge in [-0.1, -0.05) is 36.4 Å². The fraction of sp³-hybridized carbons (Fsp3) is 0. The second-order valence-electron chi connectivity index (χ2n) is 6.40. The topological polar surface area (TPSA) is 80.4 Å². The van der Waals surface area contributed by atoms with Crippen LogP contribution >= 0.6 is 0 Å². The number of nitrogens with zero attached hydrogens (tertiary/aromatic N) is 1. The predicted octanol–water partition coefficient (Wildman–Crippen LogP) is 5.35. The maximum atomic E-state index is 13.2. The number of nitro groups is 1. The molecular weight excluding hydrogens is 354 g/mol. The summed E-state index contributed by atoms with van der Waals surface area (Å²) in [7, 11) is 0. The van der Waals surface area contributed by atoms with E-state index in [0.29, 0.717) is 16.7 Å². The first-order valence-corrected chi connectivity index (χ1v) is 8.65. The third-order valence-corrected chi connectivity index (χ3v) is 4.67. The molecule has 4 rings (SSSR count). The number of aromatic hydroxyl groups is 1. The zero-order chi connectivity index (χ0) is 19.7. The van der Waals surface area contributed by atoms with Crippen LogP contribution in [0.25, 0.3) is 21.9 Å². The molecule has 5 nitrogen and oxygen atoms in total. The molecule has 0 aromatic heterocycles. The second kappa shape index (κ2) is 6.96. The molecule has 0 spiro atoms. The zero-order valence-electron chi connectivity index (χ0n) is 14.7. The molecule has 0 aliphatic heterocycles. The Bertz CT molecular complexity index is 1210. The highest BCUT2D eigenvalue weighted by molar-refractivity contribution is 6.16. The summed E-state index contributed by atoms with van der Waals surface area (Å²) >= 11 is 0. The minimum Gasteiger partial charge on any atom is -0.507 e. The largest absolute Gasteiger partial charge is 0.507 e. The summed E-state index contributed by atoms with van der Waals surface area (Å²) in [4.78, 5) is 23.7. The first kappa shape index (κ1) is 17.4. The van der Waals surface area contributed by atoms with Crippen molar-refractivity contribution in [1.29, 1.82) is 0 Å². The molecule has 0 radical (unpaired) electrons. The van der Waals surface area contributed by atoms with Crippen molar-refractivity contribution in [2.24, 2.45) is 0 Å². The van der Waals surface area contributed by atoms with Gasteiger partial charge in [0.2, 0.25) is 0 Å². The first-order valence-electron chi connectivity index (χ1n) is 8.65. The number of nitro benzene ring substituents is 1. The lowest BCUT2D eigenvalue weighted by atomic mass is 9.90. The third kappa shape index (κ3) is 3.10. The number of hydrogen-bond donors (Lipinski definition) is 1. The van der Waals surface area contributed by atoms with Gasteiger partial charge in [0.05, 0.1) is 10.5 Å². The normalized spacial score (nSPS) is 10.7. The zero-order valence-corrected chi connectivity index (χ0v) is 14.7. The van der Waals surface area contributed by atoms with E-state index in [1.807, 2.05) is 30.3 Å². The molecule has 0 unspecified atom stereocenters. The van der Waals surface area contributed by atoms with Gasteiger partial charge in [-0.15, -0.1) is 0 Å². The van der Waals surface area contributed by atoms with E-state index in [4.69, 9.17) is 0 Å². The fourth-order valence-corrected chi connectivity index (χ4v) is 3.24. The number of carbonyl (C=O) groups excluding carboxylic acids is 1. The van der Waals surface area contributed by atoms with Crippen LogP contribution in [0.2, 0.25) is 0 Å². The van der Waals surface area contributed by atoms with Crippen LogP contribution in [0, 0.1) is 10.1 Å². The van der Waals surface area contributed by atoms with Crippen molar-refractivity contribution in [1.82, 2.24) is 0 Å². The molecule has 4 aromatic rings. The molecule has 0 aliphatic carbocycles.